The Morgan fingerprint density at radius 1 is 1.12 bits per heavy atom. The van der Waals surface area contributed by atoms with Crippen molar-refractivity contribution in [3.8, 4) is 0 Å². The number of amides is 3. The van der Waals surface area contributed by atoms with Crippen LogP contribution in [0.15, 0.2) is 12.1 Å². The largest absolute Gasteiger partial charge is 0.323 e. The number of nitrogens with zero attached hydrogens (tertiary/aromatic N) is 1. The maximum absolute atomic E-state index is 14.0. The van der Waals surface area contributed by atoms with Crippen LogP contribution in [0.25, 0.3) is 0 Å². The summed E-state index contributed by atoms with van der Waals surface area (Å²) in [6, 6.07) is 3.48. The molecule has 4 atom stereocenters. The van der Waals surface area contributed by atoms with Gasteiger partial charge in [-0.3, -0.25) is 24.6 Å². The fourth-order valence-electron chi connectivity index (χ4n) is 6.39. The quantitative estimate of drug-likeness (QED) is 0.511. The molecule has 8 heteroatoms. The number of nitrogens with one attached hydrogen (secondary N) is 2. The number of carbonyl (C=O) groups excluding carboxylic acids is 3. The molecule has 1 aromatic carbocycles. The normalized spacial score (nSPS) is 32.4. The average Bonchev–Trinajstić information content (AvgIpc) is 3.21. The van der Waals surface area contributed by atoms with Crippen LogP contribution in [0.5, 0.6) is 0 Å². The topological polar surface area (TPSA) is 78.5 Å². The number of halogens is 1. The first-order valence-corrected chi connectivity index (χ1v) is 13.4. The molecule has 1 spiro atoms. The molecular weight excluding hydrogens is 446 g/mol. The molecule has 6 nitrogen and oxygen atoms in total. The highest BCUT2D eigenvalue weighted by Gasteiger charge is 2.70. The second-order valence-corrected chi connectivity index (χ2v) is 11.1. The second kappa shape index (κ2) is 8.33. The number of thioether (sulfide) groups is 1. The molecule has 4 aliphatic rings. The zero-order chi connectivity index (χ0) is 22.6. The van der Waals surface area contributed by atoms with Gasteiger partial charge in [0.1, 0.15) is 5.54 Å². The first-order valence-electron chi connectivity index (χ1n) is 11.7. The molecule has 172 valence electrons. The van der Waals surface area contributed by atoms with Crippen LogP contribution >= 0.6 is 23.4 Å². The fourth-order valence-corrected chi connectivity index (χ4v) is 7.20. The number of likely N-dealkylation sites (tertiary alicyclic amines) is 1. The molecule has 3 amide bonds. The minimum absolute atomic E-state index is 0.0496. The molecule has 2 N–H and O–H groups in total. The third-order valence-corrected chi connectivity index (χ3v) is 8.72. The lowest BCUT2D eigenvalue weighted by atomic mass is 9.76. The molecule has 0 aromatic heterocycles. The van der Waals surface area contributed by atoms with Gasteiger partial charge in [0.15, 0.2) is 0 Å². The summed E-state index contributed by atoms with van der Waals surface area (Å²) in [4.78, 5) is 42.8. The lowest BCUT2D eigenvalue weighted by molar-refractivity contribution is -0.145. The minimum Gasteiger partial charge on any atom is -0.323 e. The maximum Gasteiger partial charge on any atom is 0.250 e. The van der Waals surface area contributed by atoms with Crippen LogP contribution in [0.1, 0.15) is 56.1 Å². The van der Waals surface area contributed by atoms with Gasteiger partial charge in [-0.15, -0.1) is 0 Å². The molecule has 3 aliphatic heterocycles. The van der Waals surface area contributed by atoms with Crippen molar-refractivity contribution in [1.29, 1.82) is 0 Å². The summed E-state index contributed by atoms with van der Waals surface area (Å²) >= 11 is 8.20. The lowest BCUT2D eigenvalue weighted by Gasteiger charge is -2.32. The predicted octanol–water partition coefficient (Wildman–Crippen LogP) is 3.84. The van der Waals surface area contributed by atoms with Gasteiger partial charge in [0.2, 0.25) is 17.7 Å². The third kappa shape index (κ3) is 3.15. The number of imide groups is 1. The number of carbonyl (C=O) groups is 3. The van der Waals surface area contributed by atoms with Crippen molar-refractivity contribution in [2.24, 2.45) is 11.8 Å². The third-order valence-electron chi connectivity index (χ3n) is 7.78. The van der Waals surface area contributed by atoms with Crippen LogP contribution in [0, 0.1) is 18.8 Å². The summed E-state index contributed by atoms with van der Waals surface area (Å²) in [7, 11) is 0. The highest BCUT2D eigenvalue weighted by molar-refractivity contribution is 7.98. The van der Waals surface area contributed by atoms with Crippen LogP contribution in [-0.2, 0) is 19.9 Å². The lowest BCUT2D eigenvalue weighted by Crippen LogP contribution is -2.54. The second-order valence-electron chi connectivity index (χ2n) is 9.66. The molecule has 32 heavy (non-hydrogen) atoms. The Balaban J connectivity index is 1.61. The standard InChI is InChI=1S/C24H30ClN3O3S/c1-13-11-15-20(16(25)12-13)26-23(31)24(15)19-18(17(27-24)9-10-32-2)21(29)28(22(19)30)14-7-5-3-4-6-8-14/h11-12,14,17-19,27H,3-10H2,1-2H3,(H,26,31)/t17-,18-,19+,24-/m1/s1. The molecule has 1 saturated carbocycles. The Hall–Kier alpha value is -1.57. The van der Waals surface area contributed by atoms with Gasteiger partial charge in [0.25, 0.3) is 0 Å². The summed E-state index contributed by atoms with van der Waals surface area (Å²) in [5.74, 6) is -0.956. The summed E-state index contributed by atoms with van der Waals surface area (Å²) in [5.41, 5.74) is 0.948. The van der Waals surface area contributed by atoms with Crippen molar-refractivity contribution < 1.29 is 14.4 Å². The van der Waals surface area contributed by atoms with Crippen LogP contribution in [-0.4, -0.2) is 46.7 Å². The number of benzene rings is 1. The number of hydrogen-bond donors (Lipinski definition) is 2. The molecule has 1 aromatic rings. The van der Waals surface area contributed by atoms with E-state index in [1.54, 1.807) is 16.7 Å². The maximum atomic E-state index is 14.0. The summed E-state index contributed by atoms with van der Waals surface area (Å²) in [6.45, 7) is 1.93. The van der Waals surface area contributed by atoms with E-state index in [2.05, 4.69) is 10.6 Å². The first kappa shape index (κ1) is 22.2. The Labute approximate surface area is 198 Å². The van der Waals surface area contributed by atoms with Crippen LogP contribution in [0.3, 0.4) is 0 Å². The highest BCUT2D eigenvalue weighted by Crippen LogP contribution is 2.55. The molecule has 3 heterocycles. The summed E-state index contributed by atoms with van der Waals surface area (Å²) in [5, 5.41) is 6.91. The molecule has 1 aliphatic carbocycles. The first-order chi connectivity index (χ1) is 15.4. The van der Waals surface area contributed by atoms with Crippen molar-refractivity contribution in [2.45, 2.75) is 69.5 Å². The highest BCUT2D eigenvalue weighted by atomic mass is 35.5. The van der Waals surface area contributed by atoms with E-state index in [0.717, 1.165) is 56.3 Å². The number of hydrogen-bond acceptors (Lipinski definition) is 5. The summed E-state index contributed by atoms with van der Waals surface area (Å²) < 4.78 is 0. The molecule has 3 fully saturated rings. The molecule has 0 radical (unpaired) electrons. The van der Waals surface area contributed by atoms with Crippen LogP contribution in [0.2, 0.25) is 5.02 Å². The van der Waals surface area contributed by atoms with Gasteiger partial charge >= 0.3 is 0 Å². The zero-order valence-electron chi connectivity index (χ0n) is 18.6. The number of fused-ring (bicyclic) bond motifs is 4. The van der Waals surface area contributed by atoms with E-state index in [1.165, 1.54) is 0 Å². The van der Waals surface area contributed by atoms with Gasteiger partial charge in [-0.2, -0.15) is 11.8 Å². The van der Waals surface area contributed by atoms with E-state index in [-0.39, 0.29) is 29.8 Å². The van der Waals surface area contributed by atoms with E-state index in [4.69, 9.17) is 11.6 Å². The van der Waals surface area contributed by atoms with Crippen LogP contribution in [0.4, 0.5) is 5.69 Å². The minimum atomic E-state index is -1.25. The summed E-state index contributed by atoms with van der Waals surface area (Å²) in [6.07, 6.45) is 8.85. The SMILES string of the molecule is CSCC[C@H]1N[C@@]2(C(=O)Nc3c(Cl)cc(C)cc32)[C@@H]2C(=O)N(C3CCCCCC3)C(=O)[C@@H]21. The van der Waals surface area contributed by atoms with E-state index in [9.17, 15) is 14.4 Å². The van der Waals surface area contributed by atoms with Gasteiger partial charge in [-0.1, -0.05) is 43.4 Å². The molecular formula is C24H30ClN3O3S. The van der Waals surface area contributed by atoms with Crippen molar-refractivity contribution in [3.05, 3.63) is 28.3 Å². The molecule has 5 rings (SSSR count). The Morgan fingerprint density at radius 3 is 2.53 bits per heavy atom. The van der Waals surface area contributed by atoms with Gasteiger partial charge in [0.05, 0.1) is 22.5 Å². The Kier molecular flexibility index (Phi) is 5.79. The molecule has 0 bridgehead atoms. The number of rotatable bonds is 4. The Bertz CT molecular complexity index is 977. The van der Waals surface area contributed by atoms with Crippen molar-refractivity contribution in [1.82, 2.24) is 10.2 Å². The average molecular weight is 476 g/mol. The van der Waals surface area contributed by atoms with E-state index in [1.807, 2.05) is 25.3 Å². The number of aryl methyl sites for hydroxylation is 1. The van der Waals surface area contributed by atoms with E-state index < -0.39 is 17.4 Å². The van der Waals surface area contributed by atoms with Gasteiger partial charge in [-0.25, -0.2) is 0 Å². The van der Waals surface area contributed by atoms with Gasteiger partial charge < -0.3 is 5.32 Å². The number of anilines is 1. The van der Waals surface area contributed by atoms with Crippen LogP contribution < -0.4 is 10.6 Å². The predicted molar refractivity (Wildman–Crippen MR) is 127 cm³/mol. The smallest absolute Gasteiger partial charge is 0.250 e. The Morgan fingerprint density at radius 2 is 1.84 bits per heavy atom. The zero-order valence-corrected chi connectivity index (χ0v) is 20.2. The van der Waals surface area contributed by atoms with E-state index >= 15 is 0 Å². The monoisotopic (exact) mass is 475 g/mol. The van der Waals surface area contributed by atoms with Gasteiger partial charge in [-0.05, 0) is 49.8 Å². The fraction of sp³-hybridized carbons (Fsp3) is 0.625. The van der Waals surface area contributed by atoms with Crippen molar-refractivity contribution in [3.63, 3.8) is 0 Å². The molecule has 0 unspecified atom stereocenters. The van der Waals surface area contributed by atoms with Gasteiger partial charge in [0, 0.05) is 17.6 Å². The molecule has 2 saturated heterocycles. The van der Waals surface area contributed by atoms with E-state index in [0.29, 0.717) is 16.3 Å². The van der Waals surface area contributed by atoms with Crippen molar-refractivity contribution >= 4 is 46.8 Å². The van der Waals surface area contributed by atoms with Crippen molar-refractivity contribution in [2.75, 3.05) is 17.3 Å².